The number of aromatic nitrogens is 1. The van der Waals surface area contributed by atoms with Crippen molar-refractivity contribution in [3.05, 3.63) is 23.9 Å². The van der Waals surface area contributed by atoms with Gasteiger partial charge in [-0.1, -0.05) is 13.8 Å². The second-order valence-corrected chi connectivity index (χ2v) is 4.68. The Morgan fingerprint density at radius 3 is 2.72 bits per heavy atom. The van der Waals surface area contributed by atoms with Crippen LogP contribution in [-0.4, -0.2) is 37.1 Å². The Hall–Kier alpha value is -1.42. The number of Topliss-reactive ketones (excluding diaryl/α,β-unsaturated/α-hetero) is 1. The number of morpholine rings is 1. The number of carbonyl (C=O) groups is 1. The van der Waals surface area contributed by atoms with E-state index in [9.17, 15) is 4.79 Å². The molecule has 0 aromatic carbocycles. The molecular formula is C14H20N2O2. The van der Waals surface area contributed by atoms with Gasteiger partial charge in [0, 0.05) is 30.8 Å². The fraction of sp³-hybridized carbons (Fsp3) is 0.571. The molecule has 4 heteroatoms. The molecule has 1 aromatic heterocycles. The summed E-state index contributed by atoms with van der Waals surface area (Å²) >= 11 is 0. The summed E-state index contributed by atoms with van der Waals surface area (Å²) in [4.78, 5) is 18.6. The lowest BCUT2D eigenvalue weighted by Crippen LogP contribution is -2.36. The molecule has 1 aliphatic heterocycles. The molecule has 1 unspecified atom stereocenters. The normalized spacial score (nSPS) is 17.6. The van der Waals surface area contributed by atoms with E-state index in [4.69, 9.17) is 4.74 Å². The second kappa shape index (κ2) is 5.96. The largest absolute Gasteiger partial charge is 0.378 e. The van der Waals surface area contributed by atoms with E-state index in [0.717, 1.165) is 38.5 Å². The van der Waals surface area contributed by atoms with E-state index >= 15 is 0 Å². The summed E-state index contributed by atoms with van der Waals surface area (Å²) in [6.07, 6.45) is 2.56. The number of rotatable bonds is 4. The first kappa shape index (κ1) is 13.0. The number of pyridine rings is 1. The van der Waals surface area contributed by atoms with E-state index in [2.05, 4.69) is 9.88 Å². The van der Waals surface area contributed by atoms with Crippen LogP contribution in [0, 0.1) is 5.92 Å². The number of ketones is 1. The molecule has 1 saturated heterocycles. The van der Waals surface area contributed by atoms with Gasteiger partial charge in [0.25, 0.3) is 0 Å². The summed E-state index contributed by atoms with van der Waals surface area (Å²) in [6, 6.07) is 3.81. The molecule has 0 radical (unpaired) electrons. The summed E-state index contributed by atoms with van der Waals surface area (Å²) in [7, 11) is 0. The number of hydrogen-bond donors (Lipinski definition) is 0. The van der Waals surface area contributed by atoms with Gasteiger partial charge >= 0.3 is 0 Å². The van der Waals surface area contributed by atoms with Gasteiger partial charge in [-0.3, -0.25) is 4.79 Å². The van der Waals surface area contributed by atoms with Crippen molar-refractivity contribution in [2.24, 2.45) is 5.92 Å². The van der Waals surface area contributed by atoms with Crippen LogP contribution in [0.3, 0.4) is 0 Å². The highest BCUT2D eigenvalue weighted by molar-refractivity contribution is 5.97. The molecule has 1 aliphatic rings. The highest BCUT2D eigenvalue weighted by Crippen LogP contribution is 2.16. The quantitative estimate of drug-likeness (QED) is 0.766. The molecule has 4 nitrogen and oxygen atoms in total. The van der Waals surface area contributed by atoms with Gasteiger partial charge < -0.3 is 9.64 Å². The maximum atomic E-state index is 12.0. The van der Waals surface area contributed by atoms with Gasteiger partial charge in [-0.2, -0.15) is 0 Å². The number of carbonyl (C=O) groups excluding carboxylic acids is 1. The number of nitrogens with zero attached hydrogens (tertiary/aromatic N) is 2. The van der Waals surface area contributed by atoms with Gasteiger partial charge in [0.1, 0.15) is 5.82 Å². The molecule has 1 fully saturated rings. The molecule has 1 atom stereocenters. The van der Waals surface area contributed by atoms with Crippen molar-refractivity contribution in [1.82, 2.24) is 4.98 Å². The van der Waals surface area contributed by atoms with E-state index in [-0.39, 0.29) is 11.7 Å². The molecule has 0 saturated carbocycles. The maximum Gasteiger partial charge on any atom is 0.167 e. The standard InChI is InChI=1S/C14H20N2O2/c1-3-11(2)14(17)12-4-5-13(15-10-12)16-6-8-18-9-7-16/h4-5,10-11H,3,6-9H2,1-2H3. The van der Waals surface area contributed by atoms with Gasteiger partial charge in [-0.05, 0) is 18.6 Å². The topological polar surface area (TPSA) is 42.4 Å². The third-order valence-electron chi connectivity index (χ3n) is 3.43. The number of hydrogen-bond acceptors (Lipinski definition) is 4. The van der Waals surface area contributed by atoms with Crippen LogP contribution in [0.2, 0.25) is 0 Å². The molecule has 2 rings (SSSR count). The van der Waals surface area contributed by atoms with Crippen molar-refractivity contribution in [3.8, 4) is 0 Å². The molecule has 1 aromatic rings. The Morgan fingerprint density at radius 1 is 1.44 bits per heavy atom. The average Bonchev–Trinajstić information content (AvgIpc) is 2.47. The summed E-state index contributed by atoms with van der Waals surface area (Å²) < 4.78 is 5.31. The zero-order valence-electron chi connectivity index (χ0n) is 11.1. The summed E-state index contributed by atoms with van der Waals surface area (Å²) in [5.41, 5.74) is 0.710. The lowest BCUT2D eigenvalue weighted by molar-refractivity contribution is 0.0927. The predicted molar refractivity (Wildman–Crippen MR) is 71.1 cm³/mol. The maximum absolute atomic E-state index is 12.0. The molecule has 0 spiro atoms. The van der Waals surface area contributed by atoms with Crippen LogP contribution in [0.15, 0.2) is 18.3 Å². The van der Waals surface area contributed by atoms with E-state index < -0.39 is 0 Å². The van der Waals surface area contributed by atoms with Crippen LogP contribution in [0.5, 0.6) is 0 Å². The fourth-order valence-electron chi connectivity index (χ4n) is 1.98. The Kier molecular flexibility index (Phi) is 4.31. The predicted octanol–water partition coefficient (Wildman–Crippen LogP) is 2.15. The number of ether oxygens (including phenoxy) is 1. The van der Waals surface area contributed by atoms with Crippen LogP contribution >= 0.6 is 0 Å². The van der Waals surface area contributed by atoms with Crippen molar-refractivity contribution in [2.75, 3.05) is 31.2 Å². The van der Waals surface area contributed by atoms with Crippen LogP contribution in [0.25, 0.3) is 0 Å². The molecule has 2 heterocycles. The Bertz CT molecular complexity index is 397. The van der Waals surface area contributed by atoms with E-state index in [1.165, 1.54) is 0 Å². The fourth-order valence-corrected chi connectivity index (χ4v) is 1.98. The van der Waals surface area contributed by atoms with Crippen LogP contribution in [0.1, 0.15) is 30.6 Å². The van der Waals surface area contributed by atoms with Crippen LogP contribution in [0.4, 0.5) is 5.82 Å². The SMILES string of the molecule is CCC(C)C(=O)c1ccc(N2CCOCC2)nc1. The minimum absolute atomic E-state index is 0.0704. The third kappa shape index (κ3) is 2.88. The zero-order chi connectivity index (χ0) is 13.0. The average molecular weight is 248 g/mol. The first-order chi connectivity index (χ1) is 8.72. The van der Waals surface area contributed by atoms with E-state index in [1.54, 1.807) is 6.20 Å². The van der Waals surface area contributed by atoms with Crippen LogP contribution in [-0.2, 0) is 4.74 Å². The van der Waals surface area contributed by atoms with Crippen molar-refractivity contribution in [2.45, 2.75) is 20.3 Å². The molecule has 18 heavy (non-hydrogen) atoms. The van der Waals surface area contributed by atoms with Gasteiger partial charge in [-0.15, -0.1) is 0 Å². The van der Waals surface area contributed by atoms with Crippen LogP contribution < -0.4 is 4.90 Å². The lowest BCUT2D eigenvalue weighted by atomic mass is 9.98. The van der Waals surface area contributed by atoms with E-state index in [0.29, 0.717) is 5.56 Å². The van der Waals surface area contributed by atoms with Gasteiger partial charge in [0.2, 0.25) is 0 Å². The lowest BCUT2D eigenvalue weighted by Gasteiger charge is -2.27. The molecule has 0 amide bonds. The first-order valence-electron chi connectivity index (χ1n) is 6.55. The minimum atomic E-state index is 0.0704. The molecule has 98 valence electrons. The third-order valence-corrected chi connectivity index (χ3v) is 3.43. The highest BCUT2D eigenvalue weighted by Gasteiger charge is 2.15. The first-order valence-corrected chi connectivity index (χ1v) is 6.55. The van der Waals surface area contributed by atoms with Crippen molar-refractivity contribution in [1.29, 1.82) is 0 Å². The van der Waals surface area contributed by atoms with Crippen molar-refractivity contribution in [3.63, 3.8) is 0 Å². The molecular weight excluding hydrogens is 228 g/mol. The second-order valence-electron chi connectivity index (χ2n) is 4.68. The monoisotopic (exact) mass is 248 g/mol. The molecule has 0 N–H and O–H groups in total. The highest BCUT2D eigenvalue weighted by atomic mass is 16.5. The summed E-state index contributed by atoms with van der Waals surface area (Å²) in [6.45, 7) is 7.21. The Balaban J connectivity index is 2.07. The van der Waals surface area contributed by atoms with E-state index in [1.807, 2.05) is 26.0 Å². The summed E-state index contributed by atoms with van der Waals surface area (Å²) in [5.74, 6) is 1.18. The molecule has 0 bridgehead atoms. The van der Waals surface area contributed by atoms with Crippen molar-refractivity contribution >= 4 is 11.6 Å². The van der Waals surface area contributed by atoms with Gasteiger partial charge in [0.05, 0.1) is 13.2 Å². The number of anilines is 1. The smallest absolute Gasteiger partial charge is 0.167 e. The summed E-state index contributed by atoms with van der Waals surface area (Å²) in [5, 5.41) is 0. The zero-order valence-corrected chi connectivity index (χ0v) is 11.1. The van der Waals surface area contributed by atoms with Gasteiger partial charge in [0.15, 0.2) is 5.78 Å². The Labute approximate surface area is 108 Å². The minimum Gasteiger partial charge on any atom is -0.378 e. The molecule has 0 aliphatic carbocycles. The Morgan fingerprint density at radius 2 is 2.17 bits per heavy atom. The van der Waals surface area contributed by atoms with Crippen molar-refractivity contribution < 1.29 is 9.53 Å². The van der Waals surface area contributed by atoms with Gasteiger partial charge in [-0.25, -0.2) is 4.98 Å².